The molecule has 3 heterocycles. The molecule has 0 amide bonds. The van der Waals surface area contributed by atoms with Crippen LogP contribution in [0, 0.1) is 11.6 Å². The molecule has 0 aliphatic heterocycles. The summed E-state index contributed by atoms with van der Waals surface area (Å²) in [5.41, 5.74) is 0.773. The van der Waals surface area contributed by atoms with Crippen LogP contribution < -0.4 is 5.56 Å². The predicted molar refractivity (Wildman–Crippen MR) is 110 cm³/mol. The molecule has 5 aromatic rings. The molecule has 0 saturated heterocycles. The lowest BCUT2D eigenvalue weighted by atomic mass is 10.0. The van der Waals surface area contributed by atoms with Gasteiger partial charge in [0.1, 0.15) is 18.0 Å². The molecule has 2 aromatic carbocycles. The van der Waals surface area contributed by atoms with E-state index in [4.69, 9.17) is 0 Å². The minimum absolute atomic E-state index is 0.201. The van der Waals surface area contributed by atoms with Crippen molar-refractivity contribution in [2.24, 2.45) is 0 Å². The van der Waals surface area contributed by atoms with Gasteiger partial charge in [-0.05, 0) is 52.9 Å². The van der Waals surface area contributed by atoms with E-state index in [2.05, 4.69) is 15.0 Å². The highest BCUT2D eigenvalue weighted by atomic mass is 19.1. The van der Waals surface area contributed by atoms with Gasteiger partial charge >= 0.3 is 0 Å². The average molecular weight is 400 g/mol. The molecular formula is C23H14F2N4O. The Morgan fingerprint density at radius 2 is 1.70 bits per heavy atom. The maximum Gasteiger partial charge on any atom is 0.263 e. The van der Waals surface area contributed by atoms with Gasteiger partial charge in [-0.3, -0.25) is 14.3 Å². The minimum atomic E-state index is -0.727. The van der Waals surface area contributed by atoms with Gasteiger partial charge in [0.2, 0.25) is 0 Å². The maximum atomic E-state index is 14.8. The van der Waals surface area contributed by atoms with Gasteiger partial charge in [0.25, 0.3) is 5.56 Å². The second-order valence-electron chi connectivity index (χ2n) is 6.91. The van der Waals surface area contributed by atoms with Crippen LogP contribution in [0.15, 0.2) is 78.2 Å². The van der Waals surface area contributed by atoms with Gasteiger partial charge in [0.15, 0.2) is 5.65 Å². The van der Waals surface area contributed by atoms with Crippen molar-refractivity contribution in [2.45, 2.75) is 6.54 Å². The van der Waals surface area contributed by atoms with E-state index in [-0.39, 0.29) is 12.1 Å². The van der Waals surface area contributed by atoms with Crippen LogP contribution in [0.5, 0.6) is 0 Å². The standard InChI is InChI=1S/C23H14F2N4O/c24-20-9-16(15-4-3-14-5-7-26-11-17(14)8-15)10-21(25)19(20)12-29-13-28-22-18(23(29)30)2-1-6-27-22/h1-11,13H,12H2. The summed E-state index contributed by atoms with van der Waals surface area (Å²) in [4.78, 5) is 24.8. The molecule has 0 N–H and O–H groups in total. The second-order valence-corrected chi connectivity index (χ2v) is 6.91. The van der Waals surface area contributed by atoms with E-state index >= 15 is 0 Å². The van der Waals surface area contributed by atoms with E-state index in [1.165, 1.54) is 29.2 Å². The Labute approximate surface area is 169 Å². The highest BCUT2D eigenvalue weighted by molar-refractivity contribution is 5.86. The third-order valence-electron chi connectivity index (χ3n) is 5.04. The van der Waals surface area contributed by atoms with Gasteiger partial charge in [-0.25, -0.2) is 18.7 Å². The van der Waals surface area contributed by atoms with Crippen molar-refractivity contribution in [2.75, 3.05) is 0 Å². The van der Waals surface area contributed by atoms with E-state index in [1.807, 2.05) is 18.2 Å². The highest BCUT2D eigenvalue weighted by Gasteiger charge is 2.15. The van der Waals surface area contributed by atoms with Crippen LogP contribution in [0.3, 0.4) is 0 Å². The molecule has 146 valence electrons. The van der Waals surface area contributed by atoms with Gasteiger partial charge in [0, 0.05) is 29.5 Å². The molecule has 0 unspecified atom stereocenters. The largest absolute Gasteiger partial charge is 0.294 e. The Morgan fingerprint density at radius 3 is 2.53 bits per heavy atom. The van der Waals surface area contributed by atoms with Crippen LogP contribution in [0.4, 0.5) is 8.78 Å². The molecule has 5 nitrogen and oxygen atoms in total. The summed E-state index contributed by atoms with van der Waals surface area (Å²) < 4.78 is 30.9. The number of fused-ring (bicyclic) bond motifs is 2. The van der Waals surface area contributed by atoms with Crippen LogP contribution in [-0.4, -0.2) is 19.5 Å². The second kappa shape index (κ2) is 7.11. The highest BCUT2D eigenvalue weighted by Crippen LogP contribution is 2.27. The Hall–Kier alpha value is -4.00. The zero-order valence-electron chi connectivity index (χ0n) is 15.6. The van der Waals surface area contributed by atoms with Gasteiger partial charge in [-0.2, -0.15) is 0 Å². The quantitative estimate of drug-likeness (QED) is 0.452. The molecular weight excluding hydrogens is 386 g/mol. The molecule has 0 saturated carbocycles. The van der Waals surface area contributed by atoms with Crippen LogP contribution in [-0.2, 0) is 6.54 Å². The third kappa shape index (κ3) is 3.10. The zero-order valence-corrected chi connectivity index (χ0v) is 15.6. The van der Waals surface area contributed by atoms with Crippen molar-refractivity contribution in [3.8, 4) is 11.1 Å². The van der Waals surface area contributed by atoms with Gasteiger partial charge in [-0.1, -0.05) is 12.1 Å². The predicted octanol–water partition coefficient (Wildman–Crippen LogP) is 4.33. The summed E-state index contributed by atoms with van der Waals surface area (Å²) in [7, 11) is 0. The molecule has 0 aliphatic rings. The average Bonchev–Trinajstić information content (AvgIpc) is 2.77. The molecule has 0 bridgehead atoms. The minimum Gasteiger partial charge on any atom is -0.294 e. The maximum absolute atomic E-state index is 14.8. The van der Waals surface area contributed by atoms with E-state index < -0.39 is 17.2 Å². The molecule has 0 radical (unpaired) electrons. The lowest BCUT2D eigenvalue weighted by Gasteiger charge is -2.11. The van der Waals surface area contributed by atoms with Crippen LogP contribution >= 0.6 is 0 Å². The first-order chi connectivity index (χ1) is 14.6. The number of halogens is 2. The summed E-state index contributed by atoms with van der Waals surface area (Å²) in [6.07, 6.45) is 6.17. The fourth-order valence-electron chi connectivity index (χ4n) is 3.47. The van der Waals surface area contributed by atoms with Crippen molar-refractivity contribution in [3.05, 3.63) is 101 Å². The number of aromatic nitrogens is 4. The first-order valence-corrected chi connectivity index (χ1v) is 9.22. The lowest BCUT2D eigenvalue weighted by molar-refractivity contribution is 0.541. The fourth-order valence-corrected chi connectivity index (χ4v) is 3.47. The number of rotatable bonds is 3. The fraction of sp³-hybridized carbons (Fsp3) is 0.0435. The molecule has 30 heavy (non-hydrogen) atoms. The first-order valence-electron chi connectivity index (χ1n) is 9.22. The lowest BCUT2D eigenvalue weighted by Crippen LogP contribution is -2.22. The van der Waals surface area contributed by atoms with Crippen LogP contribution in [0.2, 0.25) is 0 Å². The number of nitrogens with zero attached hydrogens (tertiary/aromatic N) is 4. The summed E-state index contributed by atoms with van der Waals surface area (Å²) in [6, 6.07) is 13.1. The third-order valence-corrected chi connectivity index (χ3v) is 5.04. The van der Waals surface area contributed by atoms with Crippen molar-refractivity contribution < 1.29 is 8.78 Å². The number of benzene rings is 2. The summed E-state index contributed by atoms with van der Waals surface area (Å²) in [5, 5.41) is 2.16. The van der Waals surface area contributed by atoms with E-state index in [1.54, 1.807) is 30.6 Å². The number of pyridine rings is 2. The number of hydrogen-bond donors (Lipinski definition) is 0. The molecule has 0 fully saturated rings. The monoisotopic (exact) mass is 400 g/mol. The topological polar surface area (TPSA) is 60.7 Å². The van der Waals surface area contributed by atoms with Crippen molar-refractivity contribution in [3.63, 3.8) is 0 Å². The Kier molecular flexibility index (Phi) is 4.28. The van der Waals surface area contributed by atoms with E-state index in [0.717, 1.165) is 10.8 Å². The number of hydrogen-bond acceptors (Lipinski definition) is 4. The SMILES string of the molecule is O=c1c2cccnc2ncn1Cc1c(F)cc(-c2ccc3ccncc3c2)cc1F. The summed E-state index contributed by atoms with van der Waals surface area (Å²) in [5.74, 6) is -1.45. The van der Waals surface area contributed by atoms with Gasteiger partial charge < -0.3 is 0 Å². The molecule has 7 heteroatoms. The van der Waals surface area contributed by atoms with E-state index in [9.17, 15) is 13.6 Å². The first kappa shape index (κ1) is 18.1. The van der Waals surface area contributed by atoms with Crippen molar-refractivity contribution in [1.29, 1.82) is 0 Å². The van der Waals surface area contributed by atoms with Crippen molar-refractivity contribution >= 4 is 21.8 Å². The van der Waals surface area contributed by atoms with Crippen LogP contribution in [0.1, 0.15) is 5.56 Å². The Morgan fingerprint density at radius 1 is 0.867 bits per heavy atom. The zero-order chi connectivity index (χ0) is 20.7. The molecule has 0 atom stereocenters. The Bertz CT molecular complexity index is 1460. The van der Waals surface area contributed by atoms with E-state index in [0.29, 0.717) is 22.2 Å². The van der Waals surface area contributed by atoms with Gasteiger partial charge in [0.05, 0.1) is 11.9 Å². The molecule has 3 aromatic heterocycles. The molecule has 0 aliphatic carbocycles. The molecule has 0 spiro atoms. The smallest absolute Gasteiger partial charge is 0.263 e. The Balaban J connectivity index is 1.54. The van der Waals surface area contributed by atoms with Gasteiger partial charge in [-0.15, -0.1) is 0 Å². The normalized spacial score (nSPS) is 11.3. The molecule has 5 rings (SSSR count). The van der Waals surface area contributed by atoms with Crippen LogP contribution in [0.25, 0.3) is 32.9 Å². The summed E-state index contributed by atoms with van der Waals surface area (Å²) in [6.45, 7) is -0.268. The summed E-state index contributed by atoms with van der Waals surface area (Å²) >= 11 is 0. The van der Waals surface area contributed by atoms with Crippen molar-refractivity contribution in [1.82, 2.24) is 19.5 Å².